The Morgan fingerprint density at radius 1 is 0.907 bits per heavy atom. The first-order valence-electron chi connectivity index (χ1n) is 14.6. The van der Waals surface area contributed by atoms with Crippen LogP contribution in [0.1, 0.15) is 62.1 Å². The van der Waals surface area contributed by atoms with Crippen LogP contribution in [0.2, 0.25) is 10.0 Å². The molecule has 1 unspecified atom stereocenters. The average Bonchev–Trinajstić information content (AvgIpc) is 3.48. The molecule has 1 aliphatic carbocycles. The van der Waals surface area contributed by atoms with E-state index in [2.05, 4.69) is 19.2 Å². The molecule has 0 bridgehead atoms. The Balaban J connectivity index is 1.73. The largest absolute Gasteiger partial charge is 0.352 e. The number of halogens is 2. The summed E-state index contributed by atoms with van der Waals surface area (Å²) in [5.41, 5.74) is 2.98. The van der Waals surface area contributed by atoms with E-state index in [4.69, 9.17) is 23.2 Å². The minimum Gasteiger partial charge on any atom is -0.352 e. The maximum Gasteiger partial charge on any atom is 0.244 e. The maximum absolute atomic E-state index is 14.3. The lowest BCUT2D eigenvalue weighted by atomic mass is 10.0. The molecule has 0 spiro atoms. The third-order valence-corrected chi connectivity index (χ3v) is 9.72. The van der Waals surface area contributed by atoms with Gasteiger partial charge in [-0.15, -0.1) is 0 Å². The maximum atomic E-state index is 14.3. The van der Waals surface area contributed by atoms with Crippen LogP contribution < -0.4 is 9.62 Å². The Kier molecular flexibility index (Phi) is 11.2. The molecule has 3 aromatic rings. The third kappa shape index (κ3) is 8.97. The average molecular weight is 645 g/mol. The number of benzene rings is 3. The number of nitrogens with one attached hydrogen (secondary N) is 1. The van der Waals surface area contributed by atoms with Gasteiger partial charge in [0.25, 0.3) is 0 Å². The molecule has 4 rings (SSSR count). The summed E-state index contributed by atoms with van der Waals surface area (Å²) < 4.78 is 27.1. The topological polar surface area (TPSA) is 86.8 Å². The molecule has 43 heavy (non-hydrogen) atoms. The lowest BCUT2D eigenvalue weighted by Crippen LogP contribution is -2.54. The van der Waals surface area contributed by atoms with Crippen LogP contribution >= 0.6 is 23.2 Å². The van der Waals surface area contributed by atoms with Gasteiger partial charge in [0.2, 0.25) is 21.8 Å². The van der Waals surface area contributed by atoms with Crippen molar-refractivity contribution in [3.05, 3.63) is 99.5 Å². The first kappa shape index (κ1) is 32.8. The highest BCUT2D eigenvalue weighted by Gasteiger charge is 2.34. The molecular formula is C33H39Cl2N3O4S. The van der Waals surface area contributed by atoms with E-state index in [0.717, 1.165) is 47.4 Å². The first-order valence-corrected chi connectivity index (χ1v) is 17.2. The molecule has 1 N–H and O–H groups in total. The van der Waals surface area contributed by atoms with Crippen LogP contribution in [-0.4, -0.2) is 50.0 Å². The highest BCUT2D eigenvalue weighted by atomic mass is 35.5. The van der Waals surface area contributed by atoms with Crippen LogP contribution in [0, 0.1) is 0 Å². The third-order valence-electron chi connectivity index (χ3n) is 7.84. The number of rotatable bonds is 12. The van der Waals surface area contributed by atoms with Crippen LogP contribution in [-0.2, 0) is 32.6 Å². The number of carbonyl (C=O) groups is 2. The number of carbonyl (C=O) groups excluding carboxylic acids is 2. The van der Waals surface area contributed by atoms with Gasteiger partial charge >= 0.3 is 0 Å². The number of nitrogens with zero attached hydrogens (tertiary/aromatic N) is 2. The molecule has 230 valence electrons. The zero-order valence-electron chi connectivity index (χ0n) is 24.8. The van der Waals surface area contributed by atoms with Gasteiger partial charge in [0.05, 0.1) is 22.0 Å². The zero-order valence-corrected chi connectivity index (χ0v) is 27.1. The van der Waals surface area contributed by atoms with Crippen molar-refractivity contribution < 1.29 is 18.0 Å². The molecule has 3 aromatic carbocycles. The monoisotopic (exact) mass is 643 g/mol. The van der Waals surface area contributed by atoms with Crippen molar-refractivity contribution in [2.75, 3.05) is 17.1 Å². The second kappa shape index (κ2) is 14.6. The van der Waals surface area contributed by atoms with Crippen LogP contribution in [0.3, 0.4) is 0 Å². The van der Waals surface area contributed by atoms with E-state index >= 15 is 0 Å². The summed E-state index contributed by atoms with van der Waals surface area (Å²) in [6, 6.07) is 20.9. The first-order chi connectivity index (χ1) is 20.4. The van der Waals surface area contributed by atoms with Gasteiger partial charge in [-0.3, -0.25) is 13.9 Å². The Hall–Kier alpha value is -3.07. The molecule has 1 atom stereocenters. The molecule has 0 aliphatic heterocycles. The van der Waals surface area contributed by atoms with Crippen molar-refractivity contribution >= 4 is 50.7 Å². The summed E-state index contributed by atoms with van der Waals surface area (Å²) in [5.74, 6) is -0.510. The van der Waals surface area contributed by atoms with Gasteiger partial charge in [-0.1, -0.05) is 98.4 Å². The molecule has 7 nitrogen and oxygen atoms in total. The number of hydrogen-bond donors (Lipinski definition) is 1. The fraction of sp³-hybridized carbons (Fsp3) is 0.394. The molecule has 0 saturated heterocycles. The van der Waals surface area contributed by atoms with Crippen molar-refractivity contribution in [1.29, 1.82) is 0 Å². The minimum atomic E-state index is -3.84. The second-order valence-electron chi connectivity index (χ2n) is 11.5. The van der Waals surface area contributed by atoms with E-state index < -0.39 is 28.5 Å². The fourth-order valence-corrected chi connectivity index (χ4v) is 6.57. The van der Waals surface area contributed by atoms with E-state index in [9.17, 15) is 18.0 Å². The SMILES string of the molecule is CC(C)c1ccc(N(CC(=O)N(Cc2ccc(Cl)c(Cl)c2)C(Cc2ccccc2)C(=O)NC2CCCC2)S(C)(=O)=O)cc1. The quantitative estimate of drug-likeness (QED) is 0.241. The summed E-state index contributed by atoms with van der Waals surface area (Å²) in [5, 5.41) is 3.86. The number of amides is 2. The van der Waals surface area contributed by atoms with Crippen LogP contribution in [0.15, 0.2) is 72.8 Å². The predicted molar refractivity (Wildman–Crippen MR) is 174 cm³/mol. The highest BCUT2D eigenvalue weighted by molar-refractivity contribution is 7.92. The summed E-state index contributed by atoms with van der Waals surface area (Å²) in [4.78, 5) is 29.7. The highest BCUT2D eigenvalue weighted by Crippen LogP contribution is 2.26. The Morgan fingerprint density at radius 3 is 2.14 bits per heavy atom. The molecule has 0 heterocycles. The summed E-state index contributed by atoms with van der Waals surface area (Å²) in [6.07, 6.45) is 5.19. The van der Waals surface area contributed by atoms with E-state index in [-0.39, 0.29) is 30.8 Å². The van der Waals surface area contributed by atoms with Crippen molar-refractivity contribution in [3.63, 3.8) is 0 Å². The number of hydrogen-bond acceptors (Lipinski definition) is 4. The van der Waals surface area contributed by atoms with E-state index in [1.165, 1.54) is 4.90 Å². The van der Waals surface area contributed by atoms with E-state index in [1.807, 2.05) is 42.5 Å². The van der Waals surface area contributed by atoms with Gasteiger partial charge < -0.3 is 10.2 Å². The van der Waals surface area contributed by atoms with Crippen molar-refractivity contribution in [3.8, 4) is 0 Å². The normalized spacial score (nSPS) is 14.5. The summed E-state index contributed by atoms with van der Waals surface area (Å²) in [6.45, 7) is 3.67. The van der Waals surface area contributed by atoms with Crippen LogP contribution in [0.4, 0.5) is 5.69 Å². The van der Waals surface area contributed by atoms with Gasteiger partial charge in [0.1, 0.15) is 12.6 Å². The van der Waals surface area contributed by atoms with Crippen molar-refractivity contribution in [2.24, 2.45) is 0 Å². The second-order valence-corrected chi connectivity index (χ2v) is 14.2. The molecule has 1 aliphatic rings. The zero-order chi connectivity index (χ0) is 31.1. The van der Waals surface area contributed by atoms with Gasteiger partial charge in [-0.2, -0.15) is 0 Å². The molecule has 1 fully saturated rings. The smallest absolute Gasteiger partial charge is 0.244 e. The number of anilines is 1. The molecule has 2 amide bonds. The van der Waals surface area contributed by atoms with Crippen LogP contribution in [0.25, 0.3) is 0 Å². The van der Waals surface area contributed by atoms with E-state index in [1.54, 1.807) is 30.3 Å². The van der Waals surface area contributed by atoms with Crippen LogP contribution in [0.5, 0.6) is 0 Å². The number of sulfonamides is 1. The minimum absolute atomic E-state index is 0.0369. The van der Waals surface area contributed by atoms with Gasteiger partial charge in [0.15, 0.2) is 0 Å². The van der Waals surface area contributed by atoms with Crippen molar-refractivity contribution in [2.45, 2.75) is 70.5 Å². The Labute approximate surface area is 265 Å². The lowest BCUT2D eigenvalue weighted by molar-refractivity contribution is -0.140. The standard InChI is InChI=1S/C33H39Cl2N3O4S/c1-23(2)26-14-16-28(17-15-26)38(43(3,41)42)22-32(39)37(21-25-13-18-29(34)30(35)19-25)31(20-24-9-5-4-6-10-24)33(40)36-27-11-7-8-12-27/h4-6,9-10,13-19,23,27,31H,7-8,11-12,20-22H2,1-3H3,(H,36,40). The summed E-state index contributed by atoms with van der Waals surface area (Å²) in [7, 11) is -3.84. The summed E-state index contributed by atoms with van der Waals surface area (Å²) >= 11 is 12.5. The Bertz CT molecular complexity index is 1510. The lowest BCUT2D eigenvalue weighted by Gasteiger charge is -2.34. The fourth-order valence-electron chi connectivity index (χ4n) is 5.40. The molecule has 0 radical (unpaired) electrons. The van der Waals surface area contributed by atoms with E-state index in [0.29, 0.717) is 21.3 Å². The van der Waals surface area contributed by atoms with Crippen molar-refractivity contribution in [1.82, 2.24) is 10.2 Å². The molecular weight excluding hydrogens is 605 g/mol. The van der Waals surface area contributed by atoms with Gasteiger partial charge in [-0.05, 0) is 59.7 Å². The van der Waals surface area contributed by atoms with Gasteiger partial charge in [-0.25, -0.2) is 8.42 Å². The molecule has 0 aromatic heterocycles. The molecule has 10 heteroatoms. The Morgan fingerprint density at radius 2 is 1.56 bits per heavy atom. The van der Waals surface area contributed by atoms with Gasteiger partial charge in [0, 0.05) is 19.0 Å². The predicted octanol–water partition coefficient (Wildman–Crippen LogP) is 6.58. The molecule has 1 saturated carbocycles.